The number of rotatable bonds is 10. The number of pyridine rings is 1. The molecule has 2 atom stereocenters. The summed E-state index contributed by atoms with van der Waals surface area (Å²) in [7, 11) is -5.84. The molecule has 11 nitrogen and oxygen atoms in total. The monoisotopic (exact) mass is 594 g/mol. The Morgan fingerprint density at radius 1 is 1.15 bits per heavy atom. The summed E-state index contributed by atoms with van der Waals surface area (Å²) in [5.41, 5.74) is 1.70. The first kappa shape index (κ1) is 29.4. The van der Waals surface area contributed by atoms with E-state index in [0.29, 0.717) is 38.3 Å². The van der Waals surface area contributed by atoms with Crippen LogP contribution in [0.5, 0.6) is 5.75 Å². The topological polar surface area (TPSA) is 147 Å². The zero-order valence-corrected chi connectivity index (χ0v) is 24.3. The normalized spacial score (nSPS) is 22.2. The summed E-state index contributed by atoms with van der Waals surface area (Å²) in [6.45, 7) is 1.55. The van der Waals surface area contributed by atoms with Crippen LogP contribution in [0.15, 0.2) is 46.3 Å². The van der Waals surface area contributed by atoms with Gasteiger partial charge < -0.3 is 19.9 Å². The van der Waals surface area contributed by atoms with Gasteiger partial charge in [-0.25, -0.2) is 21.6 Å². The van der Waals surface area contributed by atoms with Crippen molar-refractivity contribution in [1.82, 2.24) is 19.3 Å². The van der Waals surface area contributed by atoms with Crippen LogP contribution in [0.2, 0.25) is 0 Å². The highest BCUT2D eigenvalue weighted by Gasteiger charge is 2.44. The number of piperidine rings is 1. The van der Waals surface area contributed by atoms with Crippen molar-refractivity contribution in [2.45, 2.75) is 72.5 Å². The van der Waals surface area contributed by atoms with Crippen LogP contribution in [-0.2, 0) is 37.6 Å². The average Bonchev–Trinajstić information content (AvgIpc) is 3.37. The highest BCUT2D eigenvalue weighted by atomic mass is 32.2. The lowest BCUT2D eigenvalue weighted by Gasteiger charge is -2.38. The molecule has 0 saturated carbocycles. The molecule has 3 heterocycles. The molecule has 2 fully saturated rings. The fourth-order valence-corrected chi connectivity index (χ4v) is 7.92. The number of ether oxygens (including phenoxy) is 2. The van der Waals surface area contributed by atoms with Crippen LogP contribution in [0.25, 0.3) is 0 Å². The molecule has 1 aromatic carbocycles. The summed E-state index contributed by atoms with van der Waals surface area (Å²) in [5, 5.41) is 13.7. The van der Waals surface area contributed by atoms with Crippen LogP contribution in [0, 0.1) is 0 Å². The predicted molar refractivity (Wildman–Crippen MR) is 148 cm³/mol. The van der Waals surface area contributed by atoms with E-state index in [0.717, 1.165) is 43.4 Å². The number of aryl methyl sites for hydroxylation is 2. The summed E-state index contributed by atoms with van der Waals surface area (Å²) < 4.78 is 66.2. The van der Waals surface area contributed by atoms with Gasteiger partial charge in [0, 0.05) is 43.6 Å². The maximum absolute atomic E-state index is 13.3. The largest absolute Gasteiger partial charge is 0.491 e. The summed E-state index contributed by atoms with van der Waals surface area (Å²) in [4.78, 5) is 4.82. The number of aliphatic hydroxyl groups is 1. The smallest absolute Gasteiger partial charge is 0.244 e. The lowest BCUT2D eigenvalue weighted by Crippen LogP contribution is -2.47. The molecule has 2 saturated heterocycles. The second kappa shape index (κ2) is 12.0. The first-order valence-corrected chi connectivity index (χ1v) is 16.7. The zero-order chi connectivity index (χ0) is 28.4. The van der Waals surface area contributed by atoms with Crippen LogP contribution in [-0.4, -0.2) is 88.9 Å². The van der Waals surface area contributed by atoms with Crippen LogP contribution >= 0.6 is 0 Å². The summed E-state index contributed by atoms with van der Waals surface area (Å²) in [6, 6.07) is 7.94. The number of fused-ring (bicyclic) bond motifs is 1. The van der Waals surface area contributed by atoms with Gasteiger partial charge in [0.15, 0.2) is 0 Å². The van der Waals surface area contributed by atoms with Gasteiger partial charge in [-0.05, 0) is 75.8 Å². The van der Waals surface area contributed by atoms with E-state index in [-0.39, 0.29) is 34.6 Å². The molecule has 0 bridgehead atoms. The van der Waals surface area contributed by atoms with Crippen molar-refractivity contribution in [3.05, 3.63) is 47.8 Å². The minimum absolute atomic E-state index is 0.000848. The lowest BCUT2D eigenvalue weighted by atomic mass is 9.88. The number of sulfonamides is 2. The SMILES string of the molecule is CNS(=O)(=O)c1cccc(OCC(O)CN[C@H]2COC3(CCN(S(=O)(=O)c4cnc5c(c4)CCCC5)CC3)C2)c1. The Hall–Kier alpha value is -2.13. The van der Waals surface area contributed by atoms with E-state index in [1.165, 1.54) is 25.4 Å². The molecule has 5 rings (SSSR count). The molecule has 2 aliphatic heterocycles. The number of aromatic nitrogens is 1. The van der Waals surface area contributed by atoms with Crippen molar-refractivity contribution in [3.8, 4) is 5.75 Å². The van der Waals surface area contributed by atoms with Crippen LogP contribution < -0.4 is 14.8 Å². The summed E-state index contributed by atoms with van der Waals surface area (Å²) >= 11 is 0. The lowest BCUT2D eigenvalue weighted by molar-refractivity contribution is -0.0312. The van der Waals surface area contributed by atoms with E-state index in [4.69, 9.17) is 9.47 Å². The Morgan fingerprint density at radius 2 is 1.93 bits per heavy atom. The van der Waals surface area contributed by atoms with E-state index < -0.39 is 26.2 Å². The maximum atomic E-state index is 13.3. The van der Waals surface area contributed by atoms with E-state index >= 15 is 0 Å². The Balaban J connectivity index is 1.08. The third kappa shape index (κ3) is 6.51. The molecule has 1 aromatic heterocycles. The first-order valence-electron chi connectivity index (χ1n) is 13.8. The van der Waals surface area contributed by atoms with Gasteiger partial charge in [0.25, 0.3) is 0 Å². The molecular weight excluding hydrogens is 556 g/mol. The van der Waals surface area contributed by atoms with Crippen LogP contribution in [0.1, 0.15) is 43.4 Å². The molecule has 1 unspecified atom stereocenters. The Kier molecular flexibility index (Phi) is 8.81. The standard InChI is InChI=1S/C27H38N4O7S2/c1-28-39(33,34)24-7-4-6-23(14-24)37-19-22(32)16-29-21-15-27(38-18-21)9-11-31(12-10-27)40(35,36)25-13-20-5-2-3-8-26(20)30-17-25/h4,6-7,13-14,17,21-22,28-29,32H,2-3,5,8-12,15-16,18-19H2,1H3/t21-,22?/m1/s1. The molecular formula is C27H38N4O7S2. The van der Waals surface area contributed by atoms with Crippen molar-refractivity contribution in [3.63, 3.8) is 0 Å². The van der Waals surface area contributed by atoms with Crippen molar-refractivity contribution in [2.75, 3.05) is 39.9 Å². The van der Waals surface area contributed by atoms with E-state index in [1.807, 2.05) is 6.07 Å². The van der Waals surface area contributed by atoms with Gasteiger partial charge in [0.1, 0.15) is 23.4 Å². The zero-order valence-electron chi connectivity index (χ0n) is 22.7. The van der Waals surface area contributed by atoms with E-state index in [2.05, 4.69) is 15.0 Å². The molecule has 220 valence electrons. The van der Waals surface area contributed by atoms with Crippen molar-refractivity contribution >= 4 is 20.0 Å². The molecule has 3 N–H and O–H groups in total. The number of hydrogen-bond acceptors (Lipinski definition) is 9. The minimum atomic E-state index is -3.60. The number of aliphatic hydroxyl groups excluding tert-OH is 1. The third-order valence-electron chi connectivity index (χ3n) is 8.09. The summed E-state index contributed by atoms with van der Waals surface area (Å²) in [5.74, 6) is 0.353. The first-order chi connectivity index (χ1) is 19.1. The molecule has 2 aromatic rings. The van der Waals surface area contributed by atoms with Gasteiger partial charge in [-0.1, -0.05) is 6.07 Å². The van der Waals surface area contributed by atoms with Gasteiger partial charge in [-0.3, -0.25) is 4.98 Å². The quantitative estimate of drug-likeness (QED) is 0.369. The minimum Gasteiger partial charge on any atom is -0.491 e. The van der Waals surface area contributed by atoms with Crippen molar-refractivity contribution in [2.24, 2.45) is 0 Å². The second-order valence-electron chi connectivity index (χ2n) is 10.8. The van der Waals surface area contributed by atoms with Crippen molar-refractivity contribution in [1.29, 1.82) is 0 Å². The molecule has 1 spiro atoms. The molecule has 0 radical (unpaired) electrons. The van der Waals surface area contributed by atoms with Crippen molar-refractivity contribution < 1.29 is 31.4 Å². The van der Waals surface area contributed by atoms with Gasteiger partial charge in [-0.15, -0.1) is 0 Å². The number of hydrogen-bond donors (Lipinski definition) is 3. The maximum Gasteiger partial charge on any atom is 0.244 e. The fourth-order valence-electron chi connectivity index (χ4n) is 5.72. The van der Waals surface area contributed by atoms with Crippen LogP contribution in [0.3, 0.4) is 0 Å². The highest BCUT2D eigenvalue weighted by molar-refractivity contribution is 7.89. The number of nitrogens with one attached hydrogen (secondary N) is 2. The molecule has 40 heavy (non-hydrogen) atoms. The third-order valence-corrected chi connectivity index (χ3v) is 11.4. The van der Waals surface area contributed by atoms with Gasteiger partial charge >= 0.3 is 0 Å². The highest BCUT2D eigenvalue weighted by Crippen LogP contribution is 2.37. The van der Waals surface area contributed by atoms with Gasteiger partial charge in [0.05, 0.1) is 17.1 Å². The van der Waals surface area contributed by atoms with Gasteiger partial charge in [-0.2, -0.15) is 4.31 Å². The summed E-state index contributed by atoms with van der Waals surface area (Å²) in [6.07, 6.45) is 6.62. The number of benzene rings is 1. The Labute approximate surface area is 236 Å². The fraction of sp³-hybridized carbons (Fsp3) is 0.593. The molecule has 13 heteroatoms. The Bertz CT molecular complexity index is 1410. The Morgan fingerprint density at radius 3 is 2.70 bits per heavy atom. The number of nitrogens with zero attached hydrogens (tertiary/aromatic N) is 2. The van der Waals surface area contributed by atoms with E-state index in [9.17, 15) is 21.9 Å². The van der Waals surface area contributed by atoms with Gasteiger partial charge in [0.2, 0.25) is 20.0 Å². The van der Waals surface area contributed by atoms with E-state index in [1.54, 1.807) is 16.4 Å². The molecule has 1 aliphatic carbocycles. The second-order valence-corrected chi connectivity index (χ2v) is 14.7. The van der Waals surface area contributed by atoms with Crippen LogP contribution in [0.4, 0.5) is 0 Å². The average molecular weight is 595 g/mol. The predicted octanol–water partition coefficient (Wildman–Crippen LogP) is 1.21. The molecule has 3 aliphatic rings. The molecule has 0 amide bonds.